The molecule has 2 N–H and O–H groups in total. The van der Waals surface area contributed by atoms with Crippen molar-refractivity contribution in [3.05, 3.63) is 17.3 Å². The molecule has 0 aliphatic carbocycles. The summed E-state index contributed by atoms with van der Waals surface area (Å²) in [5.41, 5.74) is 0.435. The Hall–Kier alpha value is -2.25. The van der Waals surface area contributed by atoms with E-state index in [1.54, 1.807) is 11.9 Å². The molecule has 2 heterocycles. The molecule has 0 bridgehead atoms. The van der Waals surface area contributed by atoms with Crippen molar-refractivity contribution >= 4 is 12.1 Å². The average molecular weight is 380 g/mol. The van der Waals surface area contributed by atoms with Crippen LogP contribution in [0.25, 0.3) is 0 Å². The molecule has 1 fully saturated rings. The first-order valence-corrected chi connectivity index (χ1v) is 9.53. The van der Waals surface area contributed by atoms with Crippen LogP contribution in [0.1, 0.15) is 51.0 Å². The standard InChI is InChI=1S/C19H33N5O3/c1-13-14(2)26-16(23-13)11-22-17(20-6)21-10-15-8-7-9-24(12-15)18(25)27-19(3,4)5/h15H,7-12H2,1-6H3,(H2,20,21,22). The van der Waals surface area contributed by atoms with Crippen molar-refractivity contribution in [1.82, 2.24) is 20.5 Å². The van der Waals surface area contributed by atoms with Crippen molar-refractivity contribution < 1.29 is 13.9 Å². The van der Waals surface area contributed by atoms with E-state index in [-0.39, 0.29) is 6.09 Å². The summed E-state index contributed by atoms with van der Waals surface area (Å²) in [7, 11) is 1.73. The van der Waals surface area contributed by atoms with E-state index in [4.69, 9.17) is 9.15 Å². The molecule has 0 spiro atoms. The highest BCUT2D eigenvalue weighted by molar-refractivity contribution is 5.79. The molecular weight excluding hydrogens is 346 g/mol. The number of carbonyl (C=O) groups excluding carboxylic acids is 1. The van der Waals surface area contributed by atoms with Crippen molar-refractivity contribution in [2.45, 2.75) is 59.6 Å². The number of piperidine rings is 1. The van der Waals surface area contributed by atoms with Crippen LogP contribution < -0.4 is 10.6 Å². The molecule has 27 heavy (non-hydrogen) atoms. The Morgan fingerprint density at radius 2 is 2.11 bits per heavy atom. The molecule has 2 rings (SSSR count). The normalized spacial score (nSPS) is 18.4. The molecule has 1 unspecified atom stereocenters. The summed E-state index contributed by atoms with van der Waals surface area (Å²) in [5.74, 6) is 2.52. The molecular formula is C19H33N5O3. The van der Waals surface area contributed by atoms with Crippen LogP contribution in [0.5, 0.6) is 0 Å². The molecule has 1 aromatic heterocycles. The Labute approximate surface area is 161 Å². The monoisotopic (exact) mass is 379 g/mol. The number of aromatic nitrogens is 1. The lowest BCUT2D eigenvalue weighted by molar-refractivity contribution is 0.0168. The third kappa shape index (κ3) is 6.77. The van der Waals surface area contributed by atoms with Crippen molar-refractivity contribution in [2.75, 3.05) is 26.7 Å². The van der Waals surface area contributed by atoms with Crippen LogP contribution in [0.15, 0.2) is 9.41 Å². The highest BCUT2D eigenvalue weighted by Gasteiger charge is 2.27. The van der Waals surface area contributed by atoms with Gasteiger partial charge in [0.1, 0.15) is 11.4 Å². The van der Waals surface area contributed by atoms with Crippen LogP contribution in [-0.2, 0) is 11.3 Å². The number of hydrogen-bond acceptors (Lipinski definition) is 5. The van der Waals surface area contributed by atoms with Crippen LogP contribution in [0.3, 0.4) is 0 Å². The fourth-order valence-electron chi connectivity index (χ4n) is 2.96. The van der Waals surface area contributed by atoms with Crippen LogP contribution in [0, 0.1) is 19.8 Å². The van der Waals surface area contributed by atoms with E-state index >= 15 is 0 Å². The Morgan fingerprint density at radius 3 is 2.70 bits per heavy atom. The van der Waals surface area contributed by atoms with Gasteiger partial charge in [0.05, 0.1) is 12.2 Å². The van der Waals surface area contributed by atoms with E-state index in [1.807, 2.05) is 34.6 Å². The lowest BCUT2D eigenvalue weighted by atomic mass is 9.98. The van der Waals surface area contributed by atoms with Gasteiger partial charge in [0.25, 0.3) is 0 Å². The Bertz CT molecular complexity index is 643. The first-order valence-electron chi connectivity index (χ1n) is 9.53. The van der Waals surface area contributed by atoms with Gasteiger partial charge in [-0.25, -0.2) is 9.78 Å². The molecule has 8 heteroatoms. The number of amides is 1. The maximum atomic E-state index is 12.3. The second kappa shape index (κ2) is 9.10. The zero-order valence-corrected chi connectivity index (χ0v) is 17.4. The molecule has 0 radical (unpaired) electrons. The fourth-order valence-corrected chi connectivity index (χ4v) is 2.96. The minimum Gasteiger partial charge on any atom is -0.444 e. The summed E-state index contributed by atoms with van der Waals surface area (Å²) in [6, 6.07) is 0. The Balaban J connectivity index is 1.79. The molecule has 1 amide bonds. The van der Waals surface area contributed by atoms with Gasteiger partial charge in [-0.2, -0.15) is 0 Å². The number of nitrogens with one attached hydrogen (secondary N) is 2. The maximum Gasteiger partial charge on any atom is 0.410 e. The lowest BCUT2D eigenvalue weighted by Crippen LogP contribution is -2.47. The van der Waals surface area contributed by atoms with E-state index < -0.39 is 5.60 Å². The summed E-state index contributed by atoms with van der Waals surface area (Å²) < 4.78 is 11.1. The van der Waals surface area contributed by atoms with Crippen LogP contribution in [-0.4, -0.2) is 54.2 Å². The maximum absolute atomic E-state index is 12.3. The first-order chi connectivity index (χ1) is 12.7. The van der Waals surface area contributed by atoms with E-state index in [0.717, 1.165) is 37.4 Å². The minimum absolute atomic E-state index is 0.232. The molecule has 0 saturated carbocycles. The van der Waals surface area contributed by atoms with Crippen molar-refractivity contribution in [1.29, 1.82) is 0 Å². The lowest BCUT2D eigenvalue weighted by Gasteiger charge is -2.34. The number of rotatable bonds is 4. The van der Waals surface area contributed by atoms with Gasteiger partial charge in [-0.3, -0.25) is 4.99 Å². The largest absolute Gasteiger partial charge is 0.444 e. The smallest absolute Gasteiger partial charge is 0.410 e. The Kier molecular flexibility index (Phi) is 7.10. The van der Waals surface area contributed by atoms with Gasteiger partial charge < -0.3 is 24.7 Å². The highest BCUT2D eigenvalue weighted by Crippen LogP contribution is 2.18. The summed E-state index contributed by atoms with van der Waals surface area (Å²) >= 11 is 0. The third-order valence-electron chi connectivity index (χ3n) is 4.43. The number of ether oxygens (including phenoxy) is 1. The second-order valence-corrected chi connectivity index (χ2v) is 7.99. The molecule has 1 atom stereocenters. The van der Waals surface area contributed by atoms with E-state index in [1.165, 1.54) is 0 Å². The van der Waals surface area contributed by atoms with Gasteiger partial charge in [-0.05, 0) is 53.4 Å². The number of oxazole rings is 1. The zero-order valence-electron chi connectivity index (χ0n) is 17.4. The molecule has 152 valence electrons. The average Bonchev–Trinajstić information content (AvgIpc) is 2.92. The molecule has 1 aromatic rings. The Morgan fingerprint density at radius 1 is 1.37 bits per heavy atom. The number of aryl methyl sites for hydroxylation is 2. The van der Waals surface area contributed by atoms with Crippen molar-refractivity contribution in [3.8, 4) is 0 Å². The minimum atomic E-state index is -0.467. The zero-order chi connectivity index (χ0) is 20.0. The summed E-state index contributed by atoms with van der Waals surface area (Å²) in [6.07, 6.45) is 1.82. The molecule has 1 saturated heterocycles. The van der Waals surface area contributed by atoms with Crippen LogP contribution >= 0.6 is 0 Å². The van der Waals surface area contributed by atoms with Gasteiger partial charge in [0.15, 0.2) is 5.96 Å². The quantitative estimate of drug-likeness (QED) is 0.617. The van der Waals surface area contributed by atoms with Crippen LogP contribution in [0.4, 0.5) is 4.79 Å². The molecule has 0 aromatic carbocycles. The van der Waals surface area contributed by atoms with Gasteiger partial charge in [0, 0.05) is 26.7 Å². The highest BCUT2D eigenvalue weighted by atomic mass is 16.6. The topological polar surface area (TPSA) is 92.0 Å². The number of hydrogen-bond donors (Lipinski definition) is 2. The summed E-state index contributed by atoms with van der Waals surface area (Å²) in [4.78, 5) is 22.7. The molecule has 1 aliphatic rings. The molecule has 1 aliphatic heterocycles. The van der Waals surface area contributed by atoms with Gasteiger partial charge >= 0.3 is 6.09 Å². The molecule has 8 nitrogen and oxygen atoms in total. The number of carbonyl (C=O) groups is 1. The summed E-state index contributed by atoms with van der Waals surface area (Å²) in [6.45, 7) is 12.2. The van der Waals surface area contributed by atoms with E-state index in [2.05, 4.69) is 20.6 Å². The number of nitrogens with zero attached hydrogens (tertiary/aromatic N) is 3. The fraction of sp³-hybridized carbons (Fsp3) is 0.737. The van der Waals surface area contributed by atoms with Gasteiger partial charge in [0.2, 0.25) is 5.89 Å². The van der Waals surface area contributed by atoms with Gasteiger partial charge in [-0.15, -0.1) is 0 Å². The van der Waals surface area contributed by atoms with E-state index in [0.29, 0.717) is 30.9 Å². The SMILES string of the molecule is CN=C(NCc1nc(C)c(C)o1)NCC1CCCN(C(=O)OC(C)(C)C)C1. The first kappa shape index (κ1) is 21.1. The second-order valence-electron chi connectivity index (χ2n) is 7.99. The predicted molar refractivity (Wildman–Crippen MR) is 105 cm³/mol. The van der Waals surface area contributed by atoms with Crippen LogP contribution in [0.2, 0.25) is 0 Å². The number of likely N-dealkylation sites (tertiary alicyclic amines) is 1. The summed E-state index contributed by atoms with van der Waals surface area (Å²) in [5, 5.41) is 6.54. The third-order valence-corrected chi connectivity index (χ3v) is 4.43. The number of guanidine groups is 1. The van der Waals surface area contributed by atoms with Gasteiger partial charge in [-0.1, -0.05) is 0 Å². The van der Waals surface area contributed by atoms with Crippen molar-refractivity contribution in [2.24, 2.45) is 10.9 Å². The number of aliphatic imine (C=N–C) groups is 1. The predicted octanol–water partition coefficient (Wildman–Crippen LogP) is 2.60. The van der Waals surface area contributed by atoms with Crippen molar-refractivity contribution in [3.63, 3.8) is 0 Å². The van der Waals surface area contributed by atoms with E-state index in [9.17, 15) is 4.79 Å².